The van der Waals surface area contributed by atoms with Gasteiger partial charge in [0, 0.05) is 0 Å². The smallest absolute Gasteiger partial charge is 0.259 e. The van der Waals surface area contributed by atoms with E-state index < -0.39 is 0 Å². The second-order valence-electron chi connectivity index (χ2n) is 6.10. The normalized spacial score (nSPS) is 11.9. The molecule has 2 rings (SSSR count). The maximum atomic E-state index is 12.9. The van der Waals surface area contributed by atoms with E-state index in [0.717, 1.165) is 12.0 Å². The number of carbonyl (C=O) groups is 1. The van der Waals surface area contributed by atoms with Crippen molar-refractivity contribution < 1.29 is 14.3 Å². The van der Waals surface area contributed by atoms with E-state index in [9.17, 15) is 4.79 Å². The third kappa shape index (κ3) is 4.28. The molecule has 0 heterocycles. The average Bonchev–Trinajstić information content (AvgIpc) is 2.60. The Labute approximate surface area is 143 Å². The molecule has 0 fully saturated rings. The van der Waals surface area contributed by atoms with E-state index in [2.05, 4.69) is 19.2 Å². The van der Waals surface area contributed by atoms with Crippen LogP contribution in [0.25, 0.3) is 0 Å². The van der Waals surface area contributed by atoms with Crippen LogP contribution in [0.4, 0.5) is 0 Å². The van der Waals surface area contributed by atoms with Crippen LogP contribution in [0.2, 0.25) is 0 Å². The molecular formula is C20H25NO3. The van der Waals surface area contributed by atoms with Crippen molar-refractivity contribution in [2.45, 2.75) is 26.3 Å². The largest absolute Gasteiger partial charge is 0.496 e. The van der Waals surface area contributed by atoms with Crippen LogP contribution < -0.4 is 14.8 Å². The highest BCUT2D eigenvalue weighted by Crippen LogP contribution is 2.29. The lowest BCUT2D eigenvalue weighted by atomic mass is 9.96. The van der Waals surface area contributed by atoms with Gasteiger partial charge in [0.15, 0.2) is 0 Å². The van der Waals surface area contributed by atoms with Gasteiger partial charge in [0.05, 0.1) is 20.3 Å². The predicted octanol–water partition coefficient (Wildman–Crippen LogP) is 4.22. The summed E-state index contributed by atoms with van der Waals surface area (Å²) in [7, 11) is 3.10. The van der Waals surface area contributed by atoms with Crippen LogP contribution in [0.5, 0.6) is 11.5 Å². The first-order valence-electron chi connectivity index (χ1n) is 8.13. The summed E-state index contributed by atoms with van der Waals surface area (Å²) < 4.78 is 10.7. The van der Waals surface area contributed by atoms with Crippen LogP contribution in [0, 0.1) is 5.92 Å². The molecule has 0 aliphatic rings. The van der Waals surface area contributed by atoms with Gasteiger partial charge in [-0.2, -0.15) is 0 Å². The van der Waals surface area contributed by atoms with E-state index in [1.54, 1.807) is 32.4 Å². The van der Waals surface area contributed by atoms with Gasteiger partial charge in [-0.05, 0) is 30.0 Å². The first-order valence-corrected chi connectivity index (χ1v) is 8.13. The highest BCUT2D eigenvalue weighted by molar-refractivity contribution is 6.00. The number of benzene rings is 2. The van der Waals surface area contributed by atoms with Gasteiger partial charge in [0.1, 0.15) is 17.1 Å². The number of carbonyl (C=O) groups excluding carboxylic acids is 1. The number of hydrogen-bond acceptors (Lipinski definition) is 3. The Bertz CT molecular complexity index is 646. The molecule has 0 saturated carbocycles. The highest BCUT2D eigenvalue weighted by atomic mass is 16.5. The van der Waals surface area contributed by atoms with Crippen molar-refractivity contribution in [2.75, 3.05) is 14.2 Å². The minimum Gasteiger partial charge on any atom is -0.496 e. The van der Waals surface area contributed by atoms with Crippen LogP contribution >= 0.6 is 0 Å². The van der Waals surface area contributed by atoms with E-state index in [0.29, 0.717) is 23.0 Å². The maximum absolute atomic E-state index is 12.9. The summed E-state index contributed by atoms with van der Waals surface area (Å²) in [6.45, 7) is 4.29. The average molecular weight is 327 g/mol. The van der Waals surface area contributed by atoms with E-state index in [1.165, 1.54) is 0 Å². The van der Waals surface area contributed by atoms with Gasteiger partial charge in [-0.25, -0.2) is 0 Å². The fraction of sp³-hybridized carbons (Fsp3) is 0.350. The van der Waals surface area contributed by atoms with Crippen molar-refractivity contribution in [1.29, 1.82) is 0 Å². The van der Waals surface area contributed by atoms with Gasteiger partial charge in [0.2, 0.25) is 0 Å². The first kappa shape index (κ1) is 17.9. The molecule has 0 spiro atoms. The van der Waals surface area contributed by atoms with Gasteiger partial charge in [-0.3, -0.25) is 4.79 Å². The molecule has 0 aromatic heterocycles. The number of rotatable bonds is 7. The monoisotopic (exact) mass is 327 g/mol. The minimum absolute atomic E-state index is 0.0617. The van der Waals surface area contributed by atoms with Crippen molar-refractivity contribution in [3.8, 4) is 11.5 Å². The Morgan fingerprint density at radius 1 is 0.958 bits per heavy atom. The third-order valence-corrected chi connectivity index (χ3v) is 3.87. The van der Waals surface area contributed by atoms with Crippen LogP contribution in [-0.2, 0) is 0 Å². The van der Waals surface area contributed by atoms with E-state index in [-0.39, 0.29) is 11.9 Å². The molecule has 1 N–H and O–H groups in total. The fourth-order valence-electron chi connectivity index (χ4n) is 2.74. The quantitative estimate of drug-likeness (QED) is 0.828. The maximum Gasteiger partial charge on any atom is 0.259 e. The summed E-state index contributed by atoms with van der Waals surface area (Å²) in [4.78, 5) is 12.9. The zero-order chi connectivity index (χ0) is 17.5. The SMILES string of the molecule is COc1cccc(OC)c1C(=O)NC(CC(C)C)c1ccccc1. The number of nitrogens with one attached hydrogen (secondary N) is 1. The van der Waals surface area contributed by atoms with Crippen LogP contribution in [0.15, 0.2) is 48.5 Å². The van der Waals surface area contributed by atoms with Gasteiger partial charge in [0.25, 0.3) is 5.91 Å². The molecule has 0 radical (unpaired) electrons. The van der Waals surface area contributed by atoms with E-state index >= 15 is 0 Å². The van der Waals surface area contributed by atoms with Crippen LogP contribution in [-0.4, -0.2) is 20.1 Å². The molecule has 2 aromatic carbocycles. The molecule has 4 nitrogen and oxygen atoms in total. The summed E-state index contributed by atoms with van der Waals surface area (Å²) in [6, 6.07) is 15.3. The summed E-state index contributed by atoms with van der Waals surface area (Å²) in [5.41, 5.74) is 1.51. The second kappa shape index (κ2) is 8.39. The summed E-state index contributed by atoms with van der Waals surface area (Å²) >= 11 is 0. The molecule has 24 heavy (non-hydrogen) atoms. The van der Waals surface area contributed by atoms with Crippen molar-refractivity contribution in [2.24, 2.45) is 5.92 Å². The Morgan fingerprint density at radius 2 is 1.54 bits per heavy atom. The Hall–Kier alpha value is -2.49. The minimum atomic E-state index is -0.196. The number of amides is 1. The topological polar surface area (TPSA) is 47.6 Å². The lowest BCUT2D eigenvalue weighted by Gasteiger charge is -2.22. The second-order valence-corrected chi connectivity index (χ2v) is 6.10. The zero-order valence-corrected chi connectivity index (χ0v) is 14.7. The van der Waals surface area contributed by atoms with Crippen molar-refractivity contribution in [3.05, 3.63) is 59.7 Å². The highest BCUT2D eigenvalue weighted by Gasteiger charge is 2.22. The van der Waals surface area contributed by atoms with Gasteiger partial charge < -0.3 is 14.8 Å². The molecule has 0 bridgehead atoms. The first-order chi connectivity index (χ1) is 11.6. The predicted molar refractivity (Wildman–Crippen MR) is 95.7 cm³/mol. The van der Waals surface area contributed by atoms with Gasteiger partial charge >= 0.3 is 0 Å². The summed E-state index contributed by atoms with van der Waals surface area (Å²) in [5, 5.41) is 3.13. The Kier molecular flexibility index (Phi) is 6.24. The van der Waals surface area contributed by atoms with Gasteiger partial charge in [-0.15, -0.1) is 0 Å². The van der Waals surface area contributed by atoms with Gasteiger partial charge in [-0.1, -0.05) is 50.2 Å². The van der Waals surface area contributed by atoms with E-state index in [4.69, 9.17) is 9.47 Å². The van der Waals surface area contributed by atoms with E-state index in [1.807, 2.05) is 30.3 Å². The molecular weight excluding hydrogens is 302 g/mol. The standard InChI is InChI=1S/C20H25NO3/c1-14(2)13-16(15-9-6-5-7-10-15)21-20(22)19-17(23-3)11-8-12-18(19)24-4/h5-12,14,16H,13H2,1-4H3,(H,21,22). The lowest BCUT2D eigenvalue weighted by Crippen LogP contribution is -2.30. The molecule has 128 valence electrons. The van der Waals surface area contributed by atoms with Crippen molar-refractivity contribution in [1.82, 2.24) is 5.32 Å². The molecule has 1 amide bonds. The molecule has 1 atom stereocenters. The molecule has 2 aromatic rings. The Morgan fingerprint density at radius 3 is 2.04 bits per heavy atom. The Balaban J connectivity index is 2.31. The molecule has 4 heteroatoms. The number of ether oxygens (including phenoxy) is 2. The van der Waals surface area contributed by atoms with Crippen molar-refractivity contribution in [3.63, 3.8) is 0 Å². The number of hydrogen-bond donors (Lipinski definition) is 1. The van der Waals surface area contributed by atoms with Crippen LogP contribution in [0.3, 0.4) is 0 Å². The van der Waals surface area contributed by atoms with Crippen molar-refractivity contribution >= 4 is 5.91 Å². The number of methoxy groups -OCH3 is 2. The molecule has 0 aliphatic heterocycles. The third-order valence-electron chi connectivity index (χ3n) is 3.87. The summed E-state index contributed by atoms with van der Waals surface area (Å²) in [5.74, 6) is 1.26. The zero-order valence-electron chi connectivity index (χ0n) is 14.7. The lowest BCUT2D eigenvalue weighted by molar-refractivity contribution is 0.0925. The molecule has 0 saturated heterocycles. The molecule has 1 unspecified atom stereocenters. The molecule has 0 aliphatic carbocycles. The summed E-state index contributed by atoms with van der Waals surface area (Å²) in [6.07, 6.45) is 0.854. The van der Waals surface area contributed by atoms with Crippen LogP contribution in [0.1, 0.15) is 42.2 Å². The fourth-order valence-corrected chi connectivity index (χ4v) is 2.74.